The van der Waals surface area contributed by atoms with Crippen LogP contribution in [-0.2, 0) is 9.84 Å². The molecule has 2 aromatic rings. The number of ether oxygens (including phenoxy) is 1. The maximum atomic E-state index is 11.8. The van der Waals surface area contributed by atoms with Crippen LogP contribution in [0.15, 0.2) is 36.5 Å². The Bertz CT molecular complexity index is 841. The highest BCUT2D eigenvalue weighted by Crippen LogP contribution is 2.24. The van der Waals surface area contributed by atoms with Gasteiger partial charge >= 0.3 is 0 Å². The summed E-state index contributed by atoms with van der Waals surface area (Å²) >= 11 is 0. The predicted octanol–water partition coefficient (Wildman–Crippen LogP) is 2.24. The first-order valence-electron chi connectivity index (χ1n) is 8.22. The van der Waals surface area contributed by atoms with Crippen molar-refractivity contribution in [1.29, 1.82) is 0 Å². The van der Waals surface area contributed by atoms with Crippen LogP contribution >= 0.6 is 0 Å². The van der Waals surface area contributed by atoms with Gasteiger partial charge in [-0.15, -0.1) is 0 Å². The topological polar surface area (TPSA) is 84.4 Å². The highest BCUT2D eigenvalue weighted by molar-refractivity contribution is 7.91. The van der Waals surface area contributed by atoms with Gasteiger partial charge < -0.3 is 15.0 Å². The molecule has 0 radical (unpaired) electrons. The van der Waals surface area contributed by atoms with Crippen LogP contribution in [-0.4, -0.2) is 49.6 Å². The molecule has 8 heteroatoms. The first kappa shape index (κ1) is 17.5. The van der Waals surface area contributed by atoms with Crippen LogP contribution < -0.4 is 15.0 Å². The van der Waals surface area contributed by atoms with Gasteiger partial charge in [-0.25, -0.2) is 13.4 Å². The monoisotopic (exact) mass is 362 g/mol. The number of nitrogens with one attached hydrogen (secondary N) is 1. The van der Waals surface area contributed by atoms with E-state index in [4.69, 9.17) is 4.74 Å². The minimum absolute atomic E-state index is 0.0675. The largest absolute Gasteiger partial charge is 0.497 e. The number of hydrogen-bond acceptors (Lipinski definition) is 7. The summed E-state index contributed by atoms with van der Waals surface area (Å²) in [4.78, 5) is 10.8. The summed E-state index contributed by atoms with van der Waals surface area (Å²) in [6, 6.07) is 9.28. The highest BCUT2D eigenvalue weighted by Gasteiger charge is 2.32. The summed E-state index contributed by atoms with van der Waals surface area (Å²) < 4.78 is 28.8. The van der Waals surface area contributed by atoms with Gasteiger partial charge in [-0.05, 0) is 31.5 Å². The number of benzene rings is 1. The molecule has 1 saturated heterocycles. The molecule has 0 spiro atoms. The zero-order valence-electron chi connectivity index (χ0n) is 14.3. The molecule has 134 valence electrons. The van der Waals surface area contributed by atoms with Crippen molar-refractivity contribution in [3.63, 3.8) is 0 Å². The lowest BCUT2D eigenvalue weighted by Gasteiger charge is -2.26. The first-order valence-corrected chi connectivity index (χ1v) is 10.0. The van der Waals surface area contributed by atoms with Gasteiger partial charge in [0.1, 0.15) is 11.6 Å². The van der Waals surface area contributed by atoms with Crippen molar-refractivity contribution >= 4 is 27.3 Å². The molecule has 1 fully saturated rings. The number of hydrogen-bond donors (Lipinski definition) is 1. The molecule has 0 saturated carbocycles. The molecule has 0 amide bonds. The Morgan fingerprint density at radius 2 is 2.20 bits per heavy atom. The average molecular weight is 362 g/mol. The smallest absolute Gasteiger partial charge is 0.227 e. The normalized spacial score (nSPS) is 18.7. The van der Waals surface area contributed by atoms with E-state index in [0.29, 0.717) is 24.7 Å². The molecule has 1 aromatic heterocycles. The van der Waals surface area contributed by atoms with Gasteiger partial charge in [0.15, 0.2) is 9.84 Å². The summed E-state index contributed by atoms with van der Waals surface area (Å²) in [5.41, 5.74) is 0.857. The van der Waals surface area contributed by atoms with E-state index in [2.05, 4.69) is 15.3 Å². The third-order valence-corrected chi connectivity index (χ3v) is 5.98. The van der Waals surface area contributed by atoms with Gasteiger partial charge in [0.2, 0.25) is 5.95 Å². The molecule has 7 nitrogen and oxygen atoms in total. The van der Waals surface area contributed by atoms with Crippen LogP contribution in [0.5, 0.6) is 5.75 Å². The Kier molecular flexibility index (Phi) is 5.08. The van der Waals surface area contributed by atoms with Gasteiger partial charge in [0, 0.05) is 30.5 Å². The van der Waals surface area contributed by atoms with Crippen molar-refractivity contribution < 1.29 is 13.2 Å². The van der Waals surface area contributed by atoms with E-state index < -0.39 is 9.84 Å². The number of methoxy groups -OCH3 is 1. The van der Waals surface area contributed by atoms with E-state index in [-0.39, 0.29) is 17.5 Å². The van der Waals surface area contributed by atoms with Gasteiger partial charge in [0.05, 0.1) is 18.6 Å². The first-order chi connectivity index (χ1) is 12.0. The van der Waals surface area contributed by atoms with E-state index in [1.54, 1.807) is 19.4 Å². The molecular formula is C17H22N4O3S. The Labute approximate surface area is 148 Å². The zero-order valence-corrected chi connectivity index (χ0v) is 15.2. The third-order valence-electron chi connectivity index (χ3n) is 4.23. The maximum absolute atomic E-state index is 11.8. The van der Waals surface area contributed by atoms with Crippen molar-refractivity contribution in [1.82, 2.24) is 9.97 Å². The lowest BCUT2D eigenvalue weighted by molar-refractivity contribution is 0.415. The zero-order chi connectivity index (χ0) is 17.9. The molecule has 1 aliphatic rings. The van der Waals surface area contributed by atoms with Crippen molar-refractivity contribution in [3.8, 4) is 5.75 Å². The second-order valence-electron chi connectivity index (χ2n) is 5.94. The van der Waals surface area contributed by atoms with E-state index in [1.165, 1.54) is 0 Å². The molecule has 25 heavy (non-hydrogen) atoms. The molecule has 1 aromatic carbocycles. The van der Waals surface area contributed by atoms with Crippen LogP contribution in [0.1, 0.15) is 13.3 Å². The lowest BCUT2D eigenvalue weighted by Crippen LogP contribution is -2.37. The Balaban J connectivity index is 1.80. The Morgan fingerprint density at radius 1 is 1.36 bits per heavy atom. The summed E-state index contributed by atoms with van der Waals surface area (Å²) in [7, 11) is -1.33. The third kappa shape index (κ3) is 4.19. The lowest BCUT2D eigenvalue weighted by atomic mass is 10.2. The molecule has 1 aliphatic heterocycles. The molecule has 1 atom stereocenters. The molecular weight excluding hydrogens is 340 g/mol. The second-order valence-corrected chi connectivity index (χ2v) is 8.17. The fourth-order valence-electron chi connectivity index (χ4n) is 2.99. The van der Waals surface area contributed by atoms with Gasteiger partial charge in [-0.2, -0.15) is 4.98 Å². The molecule has 0 aliphatic carbocycles. The summed E-state index contributed by atoms with van der Waals surface area (Å²) in [5.74, 6) is 2.34. The predicted molar refractivity (Wildman–Crippen MR) is 98.4 cm³/mol. The van der Waals surface area contributed by atoms with Crippen LogP contribution in [0.3, 0.4) is 0 Å². The Morgan fingerprint density at radius 3 is 2.88 bits per heavy atom. The minimum atomic E-state index is -2.95. The van der Waals surface area contributed by atoms with Crippen molar-refractivity contribution in [2.45, 2.75) is 19.4 Å². The van der Waals surface area contributed by atoms with Gasteiger partial charge in [0.25, 0.3) is 0 Å². The number of aromatic nitrogens is 2. The second kappa shape index (κ2) is 7.26. The molecule has 0 bridgehead atoms. The van der Waals surface area contributed by atoms with Gasteiger partial charge in [-0.3, -0.25) is 0 Å². The van der Waals surface area contributed by atoms with E-state index in [9.17, 15) is 8.42 Å². The summed E-state index contributed by atoms with van der Waals surface area (Å²) in [6.45, 7) is 2.64. The summed E-state index contributed by atoms with van der Waals surface area (Å²) in [6.07, 6.45) is 2.30. The van der Waals surface area contributed by atoms with E-state index in [1.807, 2.05) is 36.1 Å². The standard InChI is InChI=1S/C17H22N4O3S/c1-3-21(14-8-10-25(22,23)12-14)17-18-9-7-16(20-17)19-13-5-4-6-15(11-13)24-2/h4-7,9,11,14H,3,8,10,12H2,1-2H3,(H,18,19,20). The SMILES string of the molecule is CCN(c1nccc(Nc2cccc(OC)c2)n1)C1CCS(=O)(=O)C1. The summed E-state index contributed by atoms with van der Waals surface area (Å²) in [5, 5.41) is 3.23. The van der Waals surface area contributed by atoms with Crippen LogP contribution in [0, 0.1) is 0 Å². The van der Waals surface area contributed by atoms with Crippen LogP contribution in [0.4, 0.5) is 17.5 Å². The molecule has 3 rings (SSSR count). The number of rotatable bonds is 6. The fourth-order valence-corrected chi connectivity index (χ4v) is 4.72. The molecule has 1 N–H and O–H groups in total. The molecule has 2 heterocycles. The quantitative estimate of drug-likeness (QED) is 0.843. The average Bonchev–Trinajstić information content (AvgIpc) is 2.96. The van der Waals surface area contributed by atoms with Crippen molar-refractivity contribution in [2.24, 2.45) is 0 Å². The van der Waals surface area contributed by atoms with Crippen molar-refractivity contribution in [2.75, 3.05) is 35.4 Å². The number of sulfone groups is 1. The van der Waals surface area contributed by atoms with E-state index in [0.717, 1.165) is 11.4 Å². The number of nitrogens with zero attached hydrogens (tertiary/aromatic N) is 3. The van der Waals surface area contributed by atoms with Crippen LogP contribution in [0.25, 0.3) is 0 Å². The van der Waals surface area contributed by atoms with Gasteiger partial charge in [-0.1, -0.05) is 6.07 Å². The van der Waals surface area contributed by atoms with E-state index >= 15 is 0 Å². The van der Waals surface area contributed by atoms with Crippen molar-refractivity contribution in [3.05, 3.63) is 36.5 Å². The maximum Gasteiger partial charge on any atom is 0.227 e. The number of anilines is 3. The highest BCUT2D eigenvalue weighted by atomic mass is 32.2. The Hall–Kier alpha value is -2.35. The fraction of sp³-hybridized carbons (Fsp3) is 0.412. The molecule has 1 unspecified atom stereocenters. The van der Waals surface area contributed by atoms with Crippen LogP contribution in [0.2, 0.25) is 0 Å². The minimum Gasteiger partial charge on any atom is -0.497 e.